The first-order valence-electron chi connectivity index (χ1n) is 2.20. The van der Waals surface area contributed by atoms with E-state index < -0.39 is 10.4 Å². The van der Waals surface area contributed by atoms with E-state index in [0.717, 1.165) is 0 Å². The topological polar surface area (TPSA) is 43.4 Å². The van der Waals surface area contributed by atoms with Gasteiger partial charge in [-0.05, 0) is 67.4 Å². The highest BCUT2D eigenvalue weighted by atomic mass is 36.1. The molecule has 13 heavy (non-hydrogen) atoms. The molecule has 0 aromatic heterocycles. The summed E-state index contributed by atoms with van der Waals surface area (Å²) < 4.78 is 23.3. The highest BCUT2D eigenvalue weighted by molar-refractivity contribution is 8.25. The van der Waals surface area contributed by atoms with Crippen molar-refractivity contribution in [1.29, 1.82) is 0 Å². The molecular formula is C2H6Cl6O3P2. The molecule has 0 atom stereocenters. The first-order chi connectivity index (χ1) is 5.41. The van der Waals surface area contributed by atoms with E-state index >= 15 is 0 Å². The number of ether oxygens (including phenoxy) is 1. The maximum Gasteiger partial charge on any atom is 0.339 e. The van der Waals surface area contributed by atoms with Crippen LogP contribution in [-0.2, 0) is 13.9 Å². The molecule has 3 nitrogen and oxygen atoms in total. The van der Waals surface area contributed by atoms with Crippen LogP contribution in [0, 0.1) is 0 Å². The van der Waals surface area contributed by atoms with Crippen LogP contribution in [-0.4, -0.2) is 14.2 Å². The molecule has 84 valence electrons. The quantitative estimate of drug-likeness (QED) is 0.511. The van der Waals surface area contributed by atoms with Crippen LogP contribution < -0.4 is 0 Å². The predicted octanol–water partition coefficient (Wildman–Crippen LogP) is 5.88. The second-order valence-corrected chi connectivity index (χ2v) is 14.5. The fraction of sp³-hybridized carbons (Fsp3) is 1.00. The maximum atomic E-state index is 9.51. The Labute approximate surface area is 105 Å². The first kappa shape index (κ1) is 20.6. The number of hydrogen-bond acceptors (Lipinski definition) is 3. The third-order valence-corrected chi connectivity index (χ3v) is 0. The molecule has 0 aliphatic rings. The number of rotatable bonds is 0. The summed E-state index contributed by atoms with van der Waals surface area (Å²) in [5.41, 5.74) is 0. The molecule has 0 aromatic carbocycles. The van der Waals surface area contributed by atoms with Gasteiger partial charge in [0.15, 0.2) is 0 Å². The minimum absolute atomic E-state index is 1.62. The van der Waals surface area contributed by atoms with Crippen LogP contribution in [0.15, 0.2) is 0 Å². The van der Waals surface area contributed by atoms with E-state index in [1.807, 2.05) is 0 Å². The molecule has 0 aromatic rings. The highest BCUT2D eigenvalue weighted by Gasteiger charge is 2.03. The summed E-state index contributed by atoms with van der Waals surface area (Å²) in [5.74, 6) is 0. The third-order valence-electron chi connectivity index (χ3n) is 0. The minimum Gasteiger partial charge on any atom is -0.388 e. The van der Waals surface area contributed by atoms with Gasteiger partial charge in [-0.2, -0.15) is 0 Å². The lowest BCUT2D eigenvalue weighted by Gasteiger charge is -1.74. The van der Waals surface area contributed by atoms with E-state index in [1.165, 1.54) is 0 Å². The van der Waals surface area contributed by atoms with E-state index in [1.54, 1.807) is 14.2 Å². The Morgan fingerprint density at radius 3 is 0.769 bits per heavy atom. The van der Waals surface area contributed by atoms with Crippen LogP contribution >= 0.6 is 77.8 Å². The SMILES string of the molecule is COC.O=P(Cl)(Cl)Cl.O=P(Cl)(Cl)Cl. The normalized spacial score (nSPS) is 10.5. The van der Waals surface area contributed by atoms with E-state index in [-0.39, 0.29) is 0 Å². The van der Waals surface area contributed by atoms with Crippen LogP contribution in [0.5, 0.6) is 0 Å². The Hall–Kier alpha value is 2.16. The zero-order valence-electron chi connectivity index (χ0n) is 6.39. The van der Waals surface area contributed by atoms with Crippen molar-refractivity contribution < 1.29 is 13.9 Å². The van der Waals surface area contributed by atoms with Crippen molar-refractivity contribution in [3.05, 3.63) is 0 Å². The van der Waals surface area contributed by atoms with Crippen LogP contribution in [0.2, 0.25) is 0 Å². The molecule has 0 spiro atoms. The molecule has 0 amide bonds. The largest absolute Gasteiger partial charge is 0.388 e. The lowest BCUT2D eigenvalue weighted by atomic mass is 11.6. The molecule has 0 aliphatic heterocycles. The predicted molar refractivity (Wildman–Crippen MR) is 63.3 cm³/mol. The van der Waals surface area contributed by atoms with Crippen LogP contribution in [0.1, 0.15) is 0 Å². The monoisotopic (exact) mass is 350 g/mol. The smallest absolute Gasteiger partial charge is 0.339 e. The fourth-order valence-corrected chi connectivity index (χ4v) is 0. The molecular weight excluding hydrogens is 347 g/mol. The summed E-state index contributed by atoms with van der Waals surface area (Å²) in [4.78, 5) is 0. The van der Waals surface area contributed by atoms with Crippen molar-refractivity contribution in [2.24, 2.45) is 0 Å². The highest BCUT2D eigenvalue weighted by Crippen LogP contribution is 2.61. The average Bonchev–Trinajstić information content (AvgIpc) is 1.52. The summed E-state index contributed by atoms with van der Waals surface area (Å²) in [6.07, 6.45) is 0. The van der Waals surface area contributed by atoms with Gasteiger partial charge in [0.2, 0.25) is 0 Å². The van der Waals surface area contributed by atoms with Gasteiger partial charge in [0.25, 0.3) is 0 Å². The molecule has 0 aliphatic carbocycles. The van der Waals surface area contributed by atoms with Crippen molar-refractivity contribution in [1.82, 2.24) is 0 Å². The molecule has 11 heteroatoms. The van der Waals surface area contributed by atoms with E-state index in [2.05, 4.69) is 72.2 Å². The lowest BCUT2D eigenvalue weighted by molar-refractivity contribution is 0.277. The van der Waals surface area contributed by atoms with Crippen LogP contribution in [0.3, 0.4) is 0 Å². The standard InChI is InChI=1S/C2H6O.2Cl3OP/c1-3-2;2*1-5(2,3)4/h1-2H3;;. The summed E-state index contributed by atoms with van der Waals surface area (Å²) >= 11 is 27.7. The molecule has 0 heterocycles. The molecule has 0 rings (SSSR count). The van der Waals surface area contributed by atoms with Gasteiger partial charge in [-0.25, -0.2) is 0 Å². The molecule has 0 radical (unpaired) electrons. The Balaban J connectivity index is -0.000000120. The molecule has 0 saturated carbocycles. The van der Waals surface area contributed by atoms with Crippen molar-refractivity contribution in [2.75, 3.05) is 14.2 Å². The Morgan fingerprint density at radius 2 is 0.769 bits per heavy atom. The zero-order valence-corrected chi connectivity index (χ0v) is 12.7. The third kappa shape index (κ3) is 449. The summed E-state index contributed by atoms with van der Waals surface area (Å²) in [7, 11) is 3.25. The van der Waals surface area contributed by atoms with Gasteiger partial charge in [0.1, 0.15) is 0 Å². The summed E-state index contributed by atoms with van der Waals surface area (Å²) in [6.45, 7) is 0. The molecule has 0 unspecified atom stereocenters. The van der Waals surface area contributed by atoms with E-state index in [9.17, 15) is 9.13 Å². The maximum absolute atomic E-state index is 9.51. The van der Waals surface area contributed by atoms with Crippen molar-refractivity contribution in [2.45, 2.75) is 0 Å². The van der Waals surface area contributed by atoms with Crippen molar-refractivity contribution in [3.8, 4) is 0 Å². The number of methoxy groups -OCH3 is 1. The van der Waals surface area contributed by atoms with Gasteiger partial charge in [0.05, 0.1) is 0 Å². The summed E-state index contributed by atoms with van der Waals surface area (Å²) in [5, 5.41) is -6.44. The van der Waals surface area contributed by atoms with Gasteiger partial charge in [-0.15, -0.1) is 0 Å². The zero-order chi connectivity index (χ0) is 11.7. The average molecular weight is 353 g/mol. The molecule has 0 fully saturated rings. The Bertz CT molecular complexity index is 148. The Kier molecular flexibility index (Phi) is 16.9. The van der Waals surface area contributed by atoms with E-state index in [0.29, 0.717) is 0 Å². The second kappa shape index (κ2) is 10.7. The molecule has 0 N–H and O–H groups in total. The van der Waals surface area contributed by atoms with Gasteiger partial charge in [-0.3, -0.25) is 9.13 Å². The Morgan fingerprint density at radius 1 is 0.769 bits per heavy atom. The van der Waals surface area contributed by atoms with Gasteiger partial charge >= 0.3 is 10.4 Å². The molecule has 0 saturated heterocycles. The van der Waals surface area contributed by atoms with Crippen molar-refractivity contribution >= 4 is 77.8 Å². The van der Waals surface area contributed by atoms with E-state index in [4.69, 9.17) is 0 Å². The number of hydrogen-bond donors (Lipinski definition) is 0. The summed E-state index contributed by atoms with van der Waals surface area (Å²) in [6, 6.07) is 0. The number of halogens is 6. The molecule has 0 bridgehead atoms. The van der Waals surface area contributed by atoms with Crippen molar-refractivity contribution in [3.63, 3.8) is 0 Å². The fourth-order valence-electron chi connectivity index (χ4n) is 0. The van der Waals surface area contributed by atoms with Gasteiger partial charge in [-0.1, -0.05) is 0 Å². The van der Waals surface area contributed by atoms with Crippen LogP contribution in [0.25, 0.3) is 0 Å². The van der Waals surface area contributed by atoms with Gasteiger partial charge in [0, 0.05) is 14.2 Å². The first-order valence-corrected chi connectivity index (χ1v) is 11.0. The minimum atomic E-state index is -3.22. The van der Waals surface area contributed by atoms with Gasteiger partial charge < -0.3 is 4.74 Å². The van der Waals surface area contributed by atoms with Crippen LogP contribution in [0.4, 0.5) is 0 Å². The lowest BCUT2D eigenvalue weighted by Crippen LogP contribution is -1.55. The second-order valence-electron chi connectivity index (χ2n) is 1.21.